The molecule has 2 aromatic carbocycles. The summed E-state index contributed by atoms with van der Waals surface area (Å²) < 4.78 is 0. The maximum Gasteiger partial charge on any atom is 0.0507 e. The highest BCUT2D eigenvalue weighted by molar-refractivity contribution is 7.99. The molecule has 258 valence electrons. The minimum absolute atomic E-state index is 0.0651. The molecule has 0 aromatic heterocycles. The van der Waals surface area contributed by atoms with E-state index in [1.807, 2.05) is 11.8 Å². The highest BCUT2D eigenvalue weighted by Gasteiger charge is 2.33. The van der Waals surface area contributed by atoms with Gasteiger partial charge in [-0.05, 0) is 93.6 Å². The molecule has 0 radical (unpaired) electrons. The quantitative estimate of drug-likeness (QED) is 0.221. The first kappa shape index (κ1) is 37.4. The fourth-order valence-corrected chi connectivity index (χ4v) is 9.51. The van der Waals surface area contributed by atoms with Gasteiger partial charge >= 0.3 is 0 Å². The van der Waals surface area contributed by atoms with Gasteiger partial charge in [-0.1, -0.05) is 114 Å². The second-order valence-corrected chi connectivity index (χ2v) is 16.5. The largest absolute Gasteiger partial charge is 0.323 e. The molecule has 0 aliphatic carbocycles. The van der Waals surface area contributed by atoms with Crippen LogP contribution in [0.1, 0.15) is 122 Å². The van der Waals surface area contributed by atoms with E-state index in [0.717, 1.165) is 37.5 Å². The summed E-state index contributed by atoms with van der Waals surface area (Å²) in [6.45, 7) is 19.7. The van der Waals surface area contributed by atoms with Crippen molar-refractivity contribution in [2.45, 2.75) is 126 Å². The highest BCUT2D eigenvalue weighted by Crippen LogP contribution is 2.48. The zero-order chi connectivity index (χ0) is 32.9. The summed E-state index contributed by atoms with van der Waals surface area (Å²) in [4.78, 5) is 10.7. The molecule has 2 aromatic rings. The van der Waals surface area contributed by atoms with Gasteiger partial charge in [0.2, 0.25) is 0 Å². The summed E-state index contributed by atoms with van der Waals surface area (Å²) in [5.41, 5.74) is 9.63. The number of piperidine rings is 1. The van der Waals surface area contributed by atoms with Crippen molar-refractivity contribution < 1.29 is 0 Å². The minimum Gasteiger partial charge on any atom is -0.323 e. The van der Waals surface area contributed by atoms with E-state index >= 15 is 0 Å². The van der Waals surface area contributed by atoms with E-state index < -0.39 is 0 Å². The Morgan fingerprint density at radius 2 is 1.35 bits per heavy atom. The molecule has 0 amide bonds. The molecule has 2 fully saturated rings. The Labute approximate surface area is 288 Å². The zero-order valence-electron chi connectivity index (χ0n) is 30.5. The van der Waals surface area contributed by atoms with E-state index in [0.29, 0.717) is 5.92 Å². The molecule has 3 unspecified atom stereocenters. The molecule has 2 saturated heterocycles. The van der Waals surface area contributed by atoms with E-state index in [2.05, 4.69) is 105 Å². The molecule has 5 rings (SSSR count). The van der Waals surface area contributed by atoms with Gasteiger partial charge in [0.1, 0.15) is 0 Å². The smallest absolute Gasteiger partial charge is 0.0507 e. The zero-order valence-corrected chi connectivity index (χ0v) is 31.3. The van der Waals surface area contributed by atoms with Gasteiger partial charge in [-0.25, -0.2) is 0 Å². The van der Waals surface area contributed by atoms with Crippen LogP contribution in [0.15, 0.2) is 58.3 Å². The van der Waals surface area contributed by atoms with Crippen LogP contribution in [0, 0.1) is 17.8 Å². The van der Waals surface area contributed by atoms with Gasteiger partial charge < -0.3 is 10.6 Å². The third kappa shape index (κ3) is 11.4. The normalized spacial score (nSPS) is 24.0. The molecule has 46 heavy (non-hydrogen) atoms. The van der Waals surface area contributed by atoms with E-state index in [4.69, 9.17) is 5.73 Å². The molecule has 3 atom stereocenters. The lowest BCUT2D eigenvalue weighted by molar-refractivity contribution is 0.0182. The van der Waals surface area contributed by atoms with Crippen molar-refractivity contribution in [3.8, 4) is 0 Å². The lowest BCUT2D eigenvalue weighted by Gasteiger charge is -2.46. The first-order valence-corrected chi connectivity index (χ1v) is 19.8. The van der Waals surface area contributed by atoms with Crippen molar-refractivity contribution in [3.63, 3.8) is 0 Å². The first-order chi connectivity index (χ1) is 22.2. The number of hydrogen-bond acceptors (Lipinski definition) is 5. The van der Waals surface area contributed by atoms with E-state index in [1.54, 1.807) is 11.1 Å². The summed E-state index contributed by atoms with van der Waals surface area (Å²) in [5.74, 6) is 3.07. The van der Waals surface area contributed by atoms with Crippen LogP contribution in [0.3, 0.4) is 0 Å². The minimum atomic E-state index is -0.0651. The van der Waals surface area contributed by atoms with E-state index in [1.165, 1.54) is 107 Å². The van der Waals surface area contributed by atoms with Crippen LogP contribution < -0.4 is 5.73 Å². The Hall–Kier alpha value is -1.37. The number of nitrogens with two attached hydrogens (primary N) is 1. The summed E-state index contributed by atoms with van der Waals surface area (Å²) >= 11 is 1.94. The Morgan fingerprint density at radius 1 is 0.826 bits per heavy atom. The van der Waals surface area contributed by atoms with Crippen molar-refractivity contribution in [2.75, 3.05) is 53.0 Å². The third-order valence-corrected chi connectivity index (χ3v) is 12.0. The van der Waals surface area contributed by atoms with E-state index in [9.17, 15) is 0 Å². The summed E-state index contributed by atoms with van der Waals surface area (Å²) in [7, 11) is 2.27. The fraction of sp³-hybridized carbons (Fsp3) is 0.707. The van der Waals surface area contributed by atoms with Crippen LogP contribution >= 0.6 is 11.8 Å². The van der Waals surface area contributed by atoms with E-state index in [-0.39, 0.29) is 5.54 Å². The van der Waals surface area contributed by atoms with Gasteiger partial charge in [-0.2, -0.15) is 0 Å². The molecular formula is C41H68N4S. The maximum absolute atomic E-state index is 6.61. The molecule has 5 heteroatoms. The number of fused-ring (bicyclic) bond motifs is 2. The fourth-order valence-electron chi connectivity index (χ4n) is 8.33. The van der Waals surface area contributed by atoms with Crippen LogP contribution in [-0.2, 0) is 0 Å². The van der Waals surface area contributed by atoms with Crippen molar-refractivity contribution in [2.24, 2.45) is 23.5 Å². The average Bonchev–Trinajstić information content (AvgIpc) is 3.04. The van der Waals surface area contributed by atoms with Gasteiger partial charge in [-0.15, -0.1) is 0 Å². The predicted molar refractivity (Wildman–Crippen MR) is 201 cm³/mol. The monoisotopic (exact) mass is 649 g/mol. The Bertz CT molecular complexity index is 1080. The number of unbranched alkanes of at least 4 members (excludes halogenated alkanes) is 2. The lowest BCUT2D eigenvalue weighted by atomic mass is 9.80. The summed E-state index contributed by atoms with van der Waals surface area (Å²) in [6, 6.07) is 18.0. The van der Waals surface area contributed by atoms with Gasteiger partial charge in [0.15, 0.2) is 0 Å². The van der Waals surface area contributed by atoms with Crippen molar-refractivity contribution >= 4 is 11.8 Å². The third-order valence-electron chi connectivity index (χ3n) is 10.8. The molecule has 3 heterocycles. The second-order valence-electron chi connectivity index (χ2n) is 15.4. The van der Waals surface area contributed by atoms with Crippen LogP contribution in [0.5, 0.6) is 0 Å². The predicted octanol–water partition coefficient (Wildman–Crippen LogP) is 9.73. The molecule has 0 saturated carbocycles. The summed E-state index contributed by atoms with van der Waals surface area (Å²) in [6.07, 6.45) is 14.7. The molecule has 4 nitrogen and oxygen atoms in total. The van der Waals surface area contributed by atoms with Gasteiger partial charge in [-0.3, -0.25) is 9.80 Å². The molecule has 3 aliphatic rings. The first-order valence-electron chi connectivity index (χ1n) is 19.0. The number of rotatable bonds is 14. The van der Waals surface area contributed by atoms with Crippen LogP contribution in [-0.4, -0.2) is 73.2 Å². The average molecular weight is 649 g/mol. The SMILES string of the molecule is CCCCC(CC)CN1CN(CC(CC)CCCC)CC(C)(N)C1.CN1CCCC(CC2c3ccccc3Sc3ccccc32)C1. The van der Waals surface area contributed by atoms with Gasteiger partial charge in [0.25, 0.3) is 0 Å². The van der Waals surface area contributed by atoms with Crippen LogP contribution in [0.25, 0.3) is 0 Å². The van der Waals surface area contributed by atoms with Crippen molar-refractivity contribution in [1.29, 1.82) is 0 Å². The van der Waals surface area contributed by atoms with Crippen LogP contribution in [0.2, 0.25) is 0 Å². The highest BCUT2D eigenvalue weighted by atomic mass is 32.2. The number of hydrogen-bond donors (Lipinski definition) is 1. The molecule has 3 aliphatic heterocycles. The number of likely N-dealkylation sites (tertiary alicyclic amines) is 1. The molecule has 0 bridgehead atoms. The topological polar surface area (TPSA) is 35.7 Å². The second kappa shape index (κ2) is 19.0. The maximum atomic E-state index is 6.61. The number of benzene rings is 2. The standard InChI is InChI=1S/C21H45N3.C20H23NS/c1-6-10-12-19(8-3)14-23-16-21(5,22)17-24(18-23)15-20(9-4)13-11-7-2;1-21-12-6-7-15(14-21)13-18-16-8-2-4-10-19(16)22-20-11-5-3-9-17(18)20/h19-20H,6-18,22H2,1-5H3;2-5,8-11,15,18H,6-7,12-14H2,1H3. The van der Waals surface area contributed by atoms with Crippen molar-refractivity contribution in [1.82, 2.24) is 14.7 Å². The van der Waals surface area contributed by atoms with Crippen LogP contribution in [0.4, 0.5) is 0 Å². The molecular weight excluding hydrogens is 581 g/mol. The Kier molecular flexibility index (Phi) is 15.5. The van der Waals surface area contributed by atoms with Crippen molar-refractivity contribution in [3.05, 3.63) is 59.7 Å². The van der Waals surface area contributed by atoms with Gasteiger partial charge in [0, 0.05) is 54.0 Å². The number of nitrogens with zero attached hydrogens (tertiary/aromatic N) is 3. The summed E-state index contributed by atoms with van der Waals surface area (Å²) in [5, 5.41) is 0. The van der Waals surface area contributed by atoms with Gasteiger partial charge in [0.05, 0.1) is 6.67 Å². The Balaban J connectivity index is 0.000000209. The lowest BCUT2D eigenvalue weighted by Crippen LogP contribution is -2.63. The Morgan fingerprint density at radius 3 is 1.83 bits per heavy atom. The molecule has 0 spiro atoms. The molecule has 2 N–H and O–H groups in total.